The van der Waals surface area contributed by atoms with Gasteiger partial charge in [-0.05, 0) is 19.1 Å². The van der Waals surface area contributed by atoms with Crippen LogP contribution < -0.4 is 0 Å². The summed E-state index contributed by atoms with van der Waals surface area (Å²) in [6, 6.07) is 5.37. The SMILES string of the molecule is CCOC(=O)c1n[nH]nc1-c1ccc2n[nH]c(Cl)c2c1. The maximum atomic E-state index is 11.8. The van der Waals surface area contributed by atoms with Crippen LogP contribution in [0.1, 0.15) is 17.4 Å². The number of fused-ring (bicyclic) bond motifs is 1. The van der Waals surface area contributed by atoms with Gasteiger partial charge in [0.25, 0.3) is 0 Å². The number of benzene rings is 1. The predicted octanol–water partition coefficient (Wildman–Crippen LogP) is 2.18. The van der Waals surface area contributed by atoms with E-state index in [2.05, 4.69) is 25.6 Å². The minimum atomic E-state index is -0.519. The first-order valence-corrected chi connectivity index (χ1v) is 6.30. The van der Waals surface area contributed by atoms with Crippen molar-refractivity contribution in [3.05, 3.63) is 29.0 Å². The number of aromatic amines is 2. The Bertz CT molecular complexity index is 779. The zero-order valence-electron chi connectivity index (χ0n) is 10.5. The first-order valence-electron chi connectivity index (χ1n) is 5.92. The Kier molecular flexibility index (Phi) is 3.11. The number of esters is 1. The number of carbonyl (C=O) groups is 1. The van der Waals surface area contributed by atoms with Crippen LogP contribution in [-0.2, 0) is 4.74 Å². The van der Waals surface area contributed by atoms with Crippen LogP contribution >= 0.6 is 11.6 Å². The molecule has 7 nitrogen and oxygen atoms in total. The van der Waals surface area contributed by atoms with Crippen molar-refractivity contribution in [2.75, 3.05) is 6.61 Å². The van der Waals surface area contributed by atoms with Gasteiger partial charge < -0.3 is 4.74 Å². The summed E-state index contributed by atoms with van der Waals surface area (Å²) in [7, 11) is 0. The maximum Gasteiger partial charge on any atom is 0.361 e. The molecule has 1 aromatic carbocycles. The molecular weight excluding hydrogens is 282 g/mol. The van der Waals surface area contributed by atoms with Crippen LogP contribution in [0.3, 0.4) is 0 Å². The van der Waals surface area contributed by atoms with E-state index in [1.807, 2.05) is 0 Å². The molecule has 2 N–H and O–H groups in total. The number of nitrogens with zero attached hydrogens (tertiary/aromatic N) is 3. The summed E-state index contributed by atoms with van der Waals surface area (Å²) in [5.41, 5.74) is 2.01. The third-order valence-electron chi connectivity index (χ3n) is 2.80. The first-order chi connectivity index (χ1) is 9.70. The summed E-state index contributed by atoms with van der Waals surface area (Å²) in [5, 5.41) is 18.2. The largest absolute Gasteiger partial charge is 0.461 e. The van der Waals surface area contributed by atoms with Gasteiger partial charge in [0.1, 0.15) is 10.8 Å². The highest BCUT2D eigenvalue weighted by Crippen LogP contribution is 2.27. The summed E-state index contributed by atoms with van der Waals surface area (Å²) in [4.78, 5) is 11.8. The van der Waals surface area contributed by atoms with Gasteiger partial charge in [0.05, 0.1) is 12.1 Å². The van der Waals surface area contributed by atoms with Gasteiger partial charge in [-0.25, -0.2) is 4.79 Å². The van der Waals surface area contributed by atoms with Gasteiger partial charge >= 0.3 is 5.97 Å². The van der Waals surface area contributed by atoms with Gasteiger partial charge in [-0.2, -0.15) is 15.4 Å². The lowest BCUT2D eigenvalue weighted by molar-refractivity contribution is 0.0520. The highest BCUT2D eigenvalue weighted by molar-refractivity contribution is 6.34. The minimum Gasteiger partial charge on any atom is -0.461 e. The molecule has 0 amide bonds. The van der Waals surface area contributed by atoms with E-state index in [1.165, 1.54) is 0 Å². The number of halogens is 1. The van der Waals surface area contributed by atoms with Gasteiger partial charge in [-0.1, -0.05) is 17.7 Å². The molecule has 0 spiro atoms. The predicted molar refractivity (Wildman–Crippen MR) is 72.4 cm³/mol. The van der Waals surface area contributed by atoms with Crippen LogP contribution in [0.5, 0.6) is 0 Å². The van der Waals surface area contributed by atoms with Crippen molar-refractivity contribution < 1.29 is 9.53 Å². The number of H-pyrrole nitrogens is 2. The topological polar surface area (TPSA) is 96.6 Å². The molecule has 0 fully saturated rings. The molecule has 0 saturated heterocycles. The van der Waals surface area contributed by atoms with Gasteiger partial charge in [0.2, 0.25) is 0 Å². The summed E-state index contributed by atoms with van der Waals surface area (Å²) in [5.74, 6) is -0.519. The van der Waals surface area contributed by atoms with E-state index in [-0.39, 0.29) is 12.3 Å². The van der Waals surface area contributed by atoms with E-state index in [0.717, 1.165) is 10.9 Å². The Morgan fingerprint density at radius 1 is 1.35 bits per heavy atom. The number of aromatic nitrogens is 5. The minimum absolute atomic E-state index is 0.144. The van der Waals surface area contributed by atoms with Gasteiger partial charge in [0.15, 0.2) is 5.69 Å². The fraction of sp³-hybridized carbons (Fsp3) is 0.167. The monoisotopic (exact) mass is 291 g/mol. The van der Waals surface area contributed by atoms with Crippen LogP contribution in [0.4, 0.5) is 0 Å². The third kappa shape index (κ3) is 2.01. The fourth-order valence-electron chi connectivity index (χ4n) is 1.90. The van der Waals surface area contributed by atoms with Gasteiger partial charge in [0, 0.05) is 10.9 Å². The number of ether oxygens (including phenoxy) is 1. The van der Waals surface area contributed by atoms with E-state index in [9.17, 15) is 4.79 Å². The van der Waals surface area contributed by atoms with Crippen molar-refractivity contribution >= 4 is 28.5 Å². The Hall–Kier alpha value is -2.41. The normalized spacial score (nSPS) is 10.9. The van der Waals surface area contributed by atoms with Crippen molar-refractivity contribution in [2.45, 2.75) is 6.92 Å². The Balaban J connectivity index is 2.09. The van der Waals surface area contributed by atoms with E-state index in [1.54, 1.807) is 25.1 Å². The molecule has 102 valence electrons. The average Bonchev–Trinajstić information content (AvgIpc) is 3.06. The van der Waals surface area contributed by atoms with Crippen molar-refractivity contribution in [2.24, 2.45) is 0 Å². The molecule has 0 radical (unpaired) electrons. The second-order valence-electron chi connectivity index (χ2n) is 4.01. The number of rotatable bonds is 3. The number of hydrogen-bond donors (Lipinski definition) is 2. The molecule has 0 aliphatic carbocycles. The van der Waals surface area contributed by atoms with Gasteiger partial charge in [-0.15, -0.1) is 5.10 Å². The molecular formula is C12H10ClN5O2. The van der Waals surface area contributed by atoms with Gasteiger partial charge in [-0.3, -0.25) is 5.10 Å². The summed E-state index contributed by atoms with van der Waals surface area (Å²) in [6.45, 7) is 2.01. The summed E-state index contributed by atoms with van der Waals surface area (Å²) in [6.07, 6.45) is 0. The second kappa shape index (κ2) is 4.93. The molecule has 8 heteroatoms. The molecule has 0 saturated carbocycles. The zero-order valence-corrected chi connectivity index (χ0v) is 11.2. The van der Waals surface area contributed by atoms with Crippen molar-refractivity contribution in [3.8, 4) is 11.3 Å². The van der Waals surface area contributed by atoms with E-state index >= 15 is 0 Å². The average molecular weight is 292 g/mol. The number of carbonyl (C=O) groups excluding carboxylic acids is 1. The van der Waals surface area contributed by atoms with Crippen LogP contribution in [0.2, 0.25) is 5.15 Å². The van der Waals surface area contributed by atoms with E-state index in [4.69, 9.17) is 16.3 Å². The Morgan fingerprint density at radius 3 is 3.00 bits per heavy atom. The third-order valence-corrected chi connectivity index (χ3v) is 3.09. The molecule has 3 rings (SSSR count). The van der Waals surface area contributed by atoms with Crippen molar-refractivity contribution in [1.82, 2.24) is 25.6 Å². The van der Waals surface area contributed by atoms with Crippen LogP contribution in [0.25, 0.3) is 22.2 Å². The zero-order chi connectivity index (χ0) is 14.1. The van der Waals surface area contributed by atoms with Crippen molar-refractivity contribution in [3.63, 3.8) is 0 Å². The Morgan fingerprint density at radius 2 is 2.20 bits per heavy atom. The van der Waals surface area contributed by atoms with E-state index in [0.29, 0.717) is 16.4 Å². The first kappa shape index (κ1) is 12.6. The quantitative estimate of drug-likeness (QED) is 0.721. The molecule has 2 aromatic heterocycles. The number of hydrogen-bond acceptors (Lipinski definition) is 5. The molecule has 2 heterocycles. The molecule has 0 atom stereocenters. The molecule has 20 heavy (non-hydrogen) atoms. The lowest BCUT2D eigenvalue weighted by Gasteiger charge is -2.01. The molecule has 0 unspecified atom stereocenters. The fourth-order valence-corrected chi connectivity index (χ4v) is 2.09. The van der Waals surface area contributed by atoms with Crippen LogP contribution in [0, 0.1) is 0 Å². The maximum absolute atomic E-state index is 11.8. The number of nitrogens with one attached hydrogen (secondary N) is 2. The van der Waals surface area contributed by atoms with Crippen LogP contribution in [0.15, 0.2) is 18.2 Å². The Labute approximate surface area is 118 Å². The standard InChI is InChI=1S/C12H10ClN5O2/c1-2-20-12(19)10-9(15-18-16-10)6-3-4-8-7(5-6)11(13)17-14-8/h3-5H,2H2,1H3,(H,14,17)(H,15,16,18). The molecule has 3 aromatic rings. The lowest BCUT2D eigenvalue weighted by Crippen LogP contribution is -2.06. The van der Waals surface area contributed by atoms with E-state index < -0.39 is 5.97 Å². The summed E-state index contributed by atoms with van der Waals surface area (Å²) >= 11 is 6.00. The molecule has 0 aliphatic rings. The lowest BCUT2D eigenvalue weighted by atomic mass is 10.1. The smallest absolute Gasteiger partial charge is 0.361 e. The summed E-state index contributed by atoms with van der Waals surface area (Å²) < 4.78 is 4.94. The highest BCUT2D eigenvalue weighted by Gasteiger charge is 2.19. The highest BCUT2D eigenvalue weighted by atomic mass is 35.5. The molecule has 0 aliphatic heterocycles. The van der Waals surface area contributed by atoms with Crippen molar-refractivity contribution in [1.29, 1.82) is 0 Å². The molecule has 0 bridgehead atoms. The van der Waals surface area contributed by atoms with Crippen LogP contribution in [-0.4, -0.2) is 38.2 Å². The second-order valence-corrected chi connectivity index (χ2v) is 4.39.